The minimum atomic E-state index is -0.486. The lowest BCUT2D eigenvalue weighted by molar-refractivity contribution is -0.128. The van der Waals surface area contributed by atoms with Crippen LogP contribution in [0.4, 0.5) is 0 Å². The van der Waals surface area contributed by atoms with Gasteiger partial charge in [-0.2, -0.15) is 0 Å². The van der Waals surface area contributed by atoms with Crippen LogP contribution in [0.15, 0.2) is 24.3 Å². The molecule has 0 radical (unpaired) electrons. The van der Waals surface area contributed by atoms with Crippen molar-refractivity contribution in [3.8, 4) is 5.75 Å². The highest BCUT2D eigenvalue weighted by Crippen LogP contribution is 2.13. The van der Waals surface area contributed by atoms with Crippen LogP contribution in [0.25, 0.3) is 0 Å². The van der Waals surface area contributed by atoms with Crippen molar-refractivity contribution in [2.45, 2.75) is 20.8 Å². The van der Waals surface area contributed by atoms with Gasteiger partial charge in [-0.15, -0.1) is 0 Å². The first kappa shape index (κ1) is 14.2. The van der Waals surface area contributed by atoms with E-state index in [1.165, 1.54) is 0 Å². The van der Waals surface area contributed by atoms with Crippen LogP contribution in [0.3, 0.4) is 0 Å². The first-order valence-electron chi connectivity index (χ1n) is 5.80. The minimum absolute atomic E-state index is 0.0163. The zero-order chi connectivity index (χ0) is 13.8. The van der Waals surface area contributed by atoms with Gasteiger partial charge in [0.05, 0.1) is 13.7 Å². The fraction of sp³-hybridized carbons (Fsp3) is 0.429. The van der Waals surface area contributed by atoms with Crippen LogP contribution in [0.2, 0.25) is 0 Å². The maximum absolute atomic E-state index is 11.8. The van der Waals surface area contributed by atoms with Crippen molar-refractivity contribution in [2.75, 3.05) is 13.7 Å². The number of nitrogens with one attached hydrogen (secondary N) is 1. The molecular formula is C14H19NO3. The van der Waals surface area contributed by atoms with E-state index in [4.69, 9.17) is 4.74 Å². The molecule has 0 unspecified atom stereocenters. The number of amides is 1. The smallest absolute Gasteiger partial charge is 0.225 e. The number of ether oxygens (including phenoxy) is 1. The van der Waals surface area contributed by atoms with E-state index >= 15 is 0 Å². The Labute approximate surface area is 107 Å². The largest absolute Gasteiger partial charge is 0.497 e. The summed E-state index contributed by atoms with van der Waals surface area (Å²) in [5, 5.41) is 2.63. The fourth-order valence-electron chi connectivity index (χ4n) is 1.30. The van der Waals surface area contributed by atoms with E-state index in [0.29, 0.717) is 11.3 Å². The molecule has 0 bridgehead atoms. The summed E-state index contributed by atoms with van der Waals surface area (Å²) < 4.78 is 5.01. The van der Waals surface area contributed by atoms with Crippen molar-refractivity contribution < 1.29 is 14.3 Å². The Morgan fingerprint density at radius 2 is 1.72 bits per heavy atom. The number of hydrogen-bond acceptors (Lipinski definition) is 3. The summed E-state index contributed by atoms with van der Waals surface area (Å²) in [6, 6.07) is 6.81. The second kappa shape index (κ2) is 5.67. The minimum Gasteiger partial charge on any atom is -0.497 e. The quantitative estimate of drug-likeness (QED) is 0.831. The summed E-state index contributed by atoms with van der Waals surface area (Å²) in [7, 11) is 1.57. The maximum atomic E-state index is 11.8. The van der Waals surface area contributed by atoms with E-state index in [1.807, 2.05) is 0 Å². The summed E-state index contributed by atoms with van der Waals surface area (Å²) in [6.45, 7) is 5.43. The maximum Gasteiger partial charge on any atom is 0.225 e. The molecule has 0 aliphatic carbocycles. The summed E-state index contributed by atoms with van der Waals surface area (Å²) in [6.07, 6.45) is 0. The van der Waals surface area contributed by atoms with Crippen molar-refractivity contribution in [1.82, 2.24) is 5.32 Å². The molecule has 1 aromatic carbocycles. The van der Waals surface area contributed by atoms with Crippen LogP contribution in [-0.4, -0.2) is 25.3 Å². The number of benzene rings is 1. The monoisotopic (exact) mass is 249 g/mol. The molecule has 18 heavy (non-hydrogen) atoms. The van der Waals surface area contributed by atoms with Crippen molar-refractivity contribution >= 4 is 11.7 Å². The van der Waals surface area contributed by atoms with E-state index in [-0.39, 0.29) is 18.2 Å². The lowest BCUT2D eigenvalue weighted by Crippen LogP contribution is -2.37. The molecule has 0 spiro atoms. The molecule has 4 heteroatoms. The van der Waals surface area contributed by atoms with Crippen LogP contribution < -0.4 is 10.1 Å². The highest BCUT2D eigenvalue weighted by molar-refractivity contribution is 5.99. The predicted octanol–water partition coefficient (Wildman–Crippen LogP) is 2.04. The average Bonchev–Trinajstić information content (AvgIpc) is 2.34. The Bertz CT molecular complexity index is 429. The molecule has 0 aliphatic rings. The van der Waals surface area contributed by atoms with Crippen LogP contribution >= 0.6 is 0 Å². The van der Waals surface area contributed by atoms with Crippen LogP contribution in [0, 0.1) is 5.41 Å². The number of methoxy groups -OCH3 is 1. The third-order valence-corrected chi connectivity index (χ3v) is 2.50. The fourth-order valence-corrected chi connectivity index (χ4v) is 1.30. The predicted molar refractivity (Wildman–Crippen MR) is 69.8 cm³/mol. The molecule has 98 valence electrons. The van der Waals surface area contributed by atoms with Gasteiger partial charge >= 0.3 is 0 Å². The van der Waals surface area contributed by atoms with Gasteiger partial charge in [-0.05, 0) is 24.3 Å². The van der Waals surface area contributed by atoms with Crippen molar-refractivity contribution in [2.24, 2.45) is 5.41 Å². The lowest BCUT2D eigenvalue weighted by Gasteiger charge is -2.17. The van der Waals surface area contributed by atoms with E-state index in [9.17, 15) is 9.59 Å². The highest BCUT2D eigenvalue weighted by atomic mass is 16.5. The molecule has 1 aromatic rings. The third kappa shape index (κ3) is 3.87. The van der Waals surface area contributed by atoms with E-state index in [0.717, 1.165) is 0 Å². The van der Waals surface area contributed by atoms with E-state index in [2.05, 4.69) is 5.32 Å². The molecule has 0 atom stereocenters. The summed E-state index contributed by atoms with van der Waals surface area (Å²) in [5.41, 5.74) is 0.0743. The number of carbonyl (C=O) groups is 2. The summed E-state index contributed by atoms with van der Waals surface area (Å²) in [5.74, 6) is 0.449. The molecule has 0 saturated heterocycles. The Kier molecular flexibility index (Phi) is 4.48. The first-order valence-corrected chi connectivity index (χ1v) is 5.80. The van der Waals surface area contributed by atoms with Crippen molar-refractivity contribution in [1.29, 1.82) is 0 Å². The van der Waals surface area contributed by atoms with Gasteiger partial charge in [-0.25, -0.2) is 0 Å². The average molecular weight is 249 g/mol. The molecule has 0 aliphatic heterocycles. The second-order valence-electron chi connectivity index (χ2n) is 5.08. The lowest BCUT2D eigenvalue weighted by atomic mass is 9.95. The van der Waals surface area contributed by atoms with Gasteiger partial charge in [0.1, 0.15) is 5.75 Å². The SMILES string of the molecule is COc1ccc(C(=O)CNC(=O)C(C)(C)C)cc1. The number of Topliss-reactive ketones (excluding diaryl/α,β-unsaturated/α-hetero) is 1. The first-order chi connectivity index (χ1) is 8.34. The Morgan fingerprint density at radius 3 is 2.17 bits per heavy atom. The molecule has 1 rings (SSSR count). The number of rotatable bonds is 4. The summed E-state index contributed by atoms with van der Waals surface area (Å²) in [4.78, 5) is 23.4. The standard InChI is InChI=1S/C14H19NO3/c1-14(2,3)13(17)15-9-12(16)10-5-7-11(18-4)8-6-10/h5-8H,9H2,1-4H3,(H,15,17). The van der Waals surface area contributed by atoms with E-state index in [1.54, 1.807) is 52.1 Å². The number of ketones is 1. The zero-order valence-electron chi connectivity index (χ0n) is 11.2. The topological polar surface area (TPSA) is 55.4 Å². The van der Waals surface area contributed by atoms with Gasteiger partial charge in [-0.3, -0.25) is 9.59 Å². The van der Waals surface area contributed by atoms with E-state index < -0.39 is 5.41 Å². The summed E-state index contributed by atoms with van der Waals surface area (Å²) >= 11 is 0. The van der Waals surface area contributed by atoms with Gasteiger partial charge in [0, 0.05) is 11.0 Å². The molecule has 1 amide bonds. The van der Waals surface area contributed by atoms with Gasteiger partial charge in [0.2, 0.25) is 5.91 Å². The van der Waals surface area contributed by atoms with Crippen LogP contribution in [0.5, 0.6) is 5.75 Å². The number of hydrogen-bond donors (Lipinski definition) is 1. The molecule has 1 N–H and O–H groups in total. The van der Waals surface area contributed by atoms with Crippen LogP contribution in [-0.2, 0) is 4.79 Å². The zero-order valence-corrected chi connectivity index (χ0v) is 11.2. The molecule has 4 nitrogen and oxygen atoms in total. The number of carbonyl (C=O) groups excluding carboxylic acids is 2. The van der Waals surface area contributed by atoms with Gasteiger partial charge in [-0.1, -0.05) is 20.8 Å². The Hall–Kier alpha value is -1.84. The third-order valence-electron chi connectivity index (χ3n) is 2.50. The Balaban J connectivity index is 2.58. The second-order valence-corrected chi connectivity index (χ2v) is 5.08. The molecule has 0 fully saturated rings. The van der Waals surface area contributed by atoms with Gasteiger partial charge in [0.25, 0.3) is 0 Å². The van der Waals surface area contributed by atoms with Gasteiger partial charge < -0.3 is 10.1 Å². The highest BCUT2D eigenvalue weighted by Gasteiger charge is 2.21. The van der Waals surface area contributed by atoms with Crippen LogP contribution in [0.1, 0.15) is 31.1 Å². The molecule has 0 heterocycles. The van der Waals surface area contributed by atoms with Crippen molar-refractivity contribution in [3.63, 3.8) is 0 Å². The Morgan fingerprint density at radius 1 is 1.17 bits per heavy atom. The molecule has 0 aromatic heterocycles. The normalized spacial score (nSPS) is 10.9. The molecular weight excluding hydrogens is 230 g/mol. The van der Waals surface area contributed by atoms with Gasteiger partial charge in [0.15, 0.2) is 5.78 Å². The van der Waals surface area contributed by atoms with Crippen molar-refractivity contribution in [3.05, 3.63) is 29.8 Å². The molecule has 0 saturated carbocycles.